The van der Waals surface area contributed by atoms with Gasteiger partial charge in [-0.2, -0.15) is 0 Å². The third-order valence-corrected chi connectivity index (χ3v) is 6.36. The number of hydrogen-bond donors (Lipinski definition) is 0. The standard InChI is InChI=1S/C23H23ClN4O2/c1-3-12-30-23-19(26-27-25)13-18-21(23)17-6-4-5-7-20(17)28(14(2)29)22(18)15-8-10-16(24)11-9-15/h3-11,18-19,21-23H,1,12-13H2,2H3/t18-,19?,21-,22-,23+/m1/s1. The van der Waals surface area contributed by atoms with E-state index in [0.29, 0.717) is 18.1 Å². The summed E-state index contributed by atoms with van der Waals surface area (Å²) in [4.78, 5) is 17.8. The summed E-state index contributed by atoms with van der Waals surface area (Å²) in [6, 6.07) is 15.0. The third-order valence-electron chi connectivity index (χ3n) is 6.10. The number of carbonyl (C=O) groups is 1. The van der Waals surface area contributed by atoms with E-state index in [4.69, 9.17) is 21.9 Å². The van der Waals surface area contributed by atoms with Crippen LogP contribution >= 0.6 is 11.6 Å². The van der Waals surface area contributed by atoms with Crippen LogP contribution in [-0.2, 0) is 9.53 Å². The number of halogens is 1. The summed E-state index contributed by atoms with van der Waals surface area (Å²) in [7, 11) is 0. The summed E-state index contributed by atoms with van der Waals surface area (Å²) < 4.78 is 6.14. The van der Waals surface area contributed by atoms with Gasteiger partial charge in [-0.05, 0) is 47.2 Å². The zero-order valence-corrected chi connectivity index (χ0v) is 17.4. The van der Waals surface area contributed by atoms with E-state index in [1.807, 2.05) is 53.4 Å². The van der Waals surface area contributed by atoms with E-state index in [1.54, 1.807) is 13.0 Å². The molecule has 1 amide bonds. The van der Waals surface area contributed by atoms with Gasteiger partial charge in [-0.15, -0.1) is 6.58 Å². The van der Waals surface area contributed by atoms with Crippen molar-refractivity contribution in [2.45, 2.75) is 37.5 Å². The van der Waals surface area contributed by atoms with Crippen LogP contribution in [0, 0.1) is 5.92 Å². The number of fused-ring (bicyclic) bond motifs is 3. The smallest absolute Gasteiger partial charge is 0.224 e. The van der Waals surface area contributed by atoms with Gasteiger partial charge in [0.05, 0.1) is 24.8 Å². The summed E-state index contributed by atoms with van der Waals surface area (Å²) in [6.07, 6.45) is 2.05. The lowest BCUT2D eigenvalue weighted by Crippen LogP contribution is -2.44. The van der Waals surface area contributed by atoms with Crippen molar-refractivity contribution in [3.63, 3.8) is 0 Å². The number of hydrogen-bond acceptors (Lipinski definition) is 3. The second-order valence-electron chi connectivity index (χ2n) is 7.73. The van der Waals surface area contributed by atoms with Crippen LogP contribution in [0.3, 0.4) is 0 Å². The first-order chi connectivity index (χ1) is 14.6. The molecule has 0 saturated heterocycles. The van der Waals surface area contributed by atoms with Crippen LogP contribution in [0.5, 0.6) is 0 Å². The minimum atomic E-state index is -0.320. The summed E-state index contributed by atoms with van der Waals surface area (Å²) in [5.74, 6) is -0.000127. The summed E-state index contributed by atoms with van der Waals surface area (Å²) in [5.41, 5.74) is 12.1. The highest BCUT2D eigenvalue weighted by Gasteiger charge is 2.53. The Morgan fingerprint density at radius 3 is 2.73 bits per heavy atom. The molecule has 0 radical (unpaired) electrons. The first-order valence-corrected chi connectivity index (χ1v) is 10.4. The normalized spacial score (nSPS) is 27.0. The highest BCUT2D eigenvalue weighted by molar-refractivity contribution is 6.30. The average Bonchev–Trinajstić information content (AvgIpc) is 3.10. The Balaban J connectivity index is 1.90. The van der Waals surface area contributed by atoms with Gasteiger partial charge in [0.15, 0.2) is 0 Å². The van der Waals surface area contributed by atoms with Crippen LogP contribution < -0.4 is 4.90 Å². The van der Waals surface area contributed by atoms with Crippen LogP contribution in [-0.4, -0.2) is 24.7 Å². The number of rotatable bonds is 5. The van der Waals surface area contributed by atoms with Crippen molar-refractivity contribution in [1.29, 1.82) is 0 Å². The molecule has 4 rings (SSSR count). The van der Waals surface area contributed by atoms with E-state index >= 15 is 0 Å². The van der Waals surface area contributed by atoms with Crippen LogP contribution in [0.4, 0.5) is 5.69 Å². The highest BCUT2D eigenvalue weighted by Crippen LogP contribution is 2.57. The Bertz CT molecular complexity index is 1000. The molecule has 0 bridgehead atoms. The highest BCUT2D eigenvalue weighted by atomic mass is 35.5. The van der Waals surface area contributed by atoms with Gasteiger partial charge in [0.1, 0.15) is 0 Å². The van der Waals surface area contributed by atoms with E-state index in [0.717, 1.165) is 16.8 Å². The zero-order valence-electron chi connectivity index (χ0n) is 16.7. The monoisotopic (exact) mass is 422 g/mol. The Kier molecular flexibility index (Phi) is 5.82. The number of ether oxygens (including phenoxy) is 1. The van der Waals surface area contributed by atoms with Crippen LogP contribution in [0.2, 0.25) is 5.02 Å². The molecule has 2 aliphatic rings. The van der Waals surface area contributed by atoms with Gasteiger partial charge in [-0.3, -0.25) is 4.79 Å². The fourth-order valence-corrected chi connectivity index (χ4v) is 5.23. The van der Waals surface area contributed by atoms with Gasteiger partial charge >= 0.3 is 0 Å². The van der Waals surface area contributed by atoms with Crippen molar-refractivity contribution < 1.29 is 9.53 Å². The van der Waals surface area contributed by atoms with Crippen molar-refractivity contribution in [2.75, 3.05) is 11.5 Å². The molecular weight excluding hydrogens is 400 g/mol. The molecule has 0 aromatic heterocycles. The van der Waals surface area contributed by atoms with Gasteiger partial charge in [0, 0.05) is 28.5 Å². The van der Waals surface area contributed by atoms with E-state index < -0.39 is 0 Å². The van der Waals surface area contributed by atoms with Crippen LogP contribution in [0.25, 0.3) is 10.4 Å². The number of carbonyl (C=O) groups excluding carboxylic acids is 1. The maximum absolute atomic E-state index is 12.8. The number of benzene rings is 2. The summed E-state index contributed by atoms with van der Waals surface area (Å²) in [6.45, 7) is 5.71. The molecule has 154 valence electrons. The fraction of sp³-hybridized carbons (Fsp3) is 0.348. The number of azide groups is 1. The Morgan fingerprint density at radius 1 is 1.33 bits per heavy atom. The van der Waals surface area contributed by atoms with Crippen molar-refractivity contribution in [2.24, 2.45) is 11.0 Å². The molecular formula is C23H23ClN4O2. The lowest BCUT2D eigenvalue weighted by molar-refractivity contribution is -0.117. The lowest BCUT2D eigenvalue weighted by Gasteiger charge is -2.45. The van der Waals surface area contributed by atoms with E-state index in [2.05, 4.69) is 16.6 Å². The molecule has 1 saturated carbocycles. The van der Waals surface area contributed by atoms with E-state index in [-0.39, 0.29) is 35.9 Å². The Morgan fingerprint density at radius 2 is 2.07 bits per heavy atom. The molecule has 6 nitrogen and oxygen atoms in total. The summed E-state index contributed by atoms with van der Waals surface area (Å²) >= 11 is 6.12. The second kappa shape index (κ2) is 8.52. The molecule has 5 atom stereocenters. The molecule has 0 N–H and O–H groups in total. The van der Waals surface area contributed by atoms with Crippen molar-refractivity contribution in [3.05, 3.63) is 87.8 Å². The maximum atomic E-state index is 12.8. The molecule has 1 aliphatic carbocycles. The quantitative estimate of drug-likeness (QED) is 0.264. The Hall–Kier alpha value is -2.79. The van der Waals surface area contributed by atoms with Gasteiger partial charge in [-0.1, -0.05) is 53.1 Å². The molecule has 2 aromatic rings. The molecule has 1 unspecified atom stereocenters. The largest absolute Gasteiger partial charge is 0.373 e. The molecule has 1 heterocycles. The number of anilines is 1. The van der Waals surface area contributed by atoms with Crippen LogP contribution in [0.1, 0.15) is 36.4 Å². The van der Waals surface area contributed by atoms with E-state index in [1.165, 1.54) is 0 Å². The molecule has 1 aliphatic heterocycles. The Labute approximate surface area is 180 Å². The maximum Gasteiger partial charge on any atom is 0.224 e. The predicted octanol–water partition coefficient (Wildman–Crippen LogP) is 5.80. The van der Waals surface area contributed by atoms with Crippen molar-refractivity contribution >= 4 is 23.2 Å². The molecule has 7 heteroatoms. The van der Waals surface area contributed by atoms with Gasteiger partial charge in [0.2, 0.25) is 5.91 Å². The van der Waals surface area contributed by atoms with Crippen molar-refractivity contribution in [1.82, 2.24) is 0 Å². The topological polar surface area (TPSA) is 78.3 Å². The number of nitrogens with zero attached hydrogens (tertiary/aromatic N) is 4. The van der Waals surface area contributed by atoms with Gasteiger partial charge in [-0.25, -0.2) is 0 Å². The SMILES string of the molecule is C=CCO[C@H]1C(N=[N+]=[N-])C[C@@H]2[C@H]1c1ccccc1N(C(C)=O)[C@@H]2c1ccc(Cl)cc1. The molecule has 30 heavy (non-hydrogen) atoms. The predicted molar refractivity (Wildman–Crippen MR) is 118 cm³/mol. The summed E-state index contributed by atoms with van der Waals surface area (Å²) in [5, 5.41) is 4.71. The van der Waals surface area contributed by atoms with Crippen molar-refractivity contribution in [3.8, 4) is 0 Å². The van der Waals surface area contributed by atoms with Crippen LogP contribution in [0.15, 0.2) is 66.3 Å². The lowest BCUT2D eigenvalue weighted by atomic mass is 9.75. The minimum Gasteiger partial charge on any atom is -0.373 e. The van der Waals surface area contributed by atoms with E-state index in [9.17, 15) is 4.79 Å². The third kappa shape index (κ3) is 3.47. The molecule has 1 fully saturated rings. The fourth-order valence-electron chi connectivity index (χ4n) is 5.10. The number of amides is 1. The molecule has 0 spiro atoms. The number of para-hydroxylation sites is 1. The van der Waals surface area contributed by atoms with Gasteiger partial charge in [0.25, 0.3) is 0 Å². The first kappa shape index (κ1) is 20.5. The average molecular weight is 423 g/mol. The second-order valence-corrected chi connectivity index (χ2v) is 8.16. The first-order valence-electron chi connectivity index (χ1n) is 9.97. The molecule has 2 aromatic carbocycles. The minimum absolute atomic E-state index is 0.00655. The zero-order chi connectivity index (χ0) is 21.3. The van der Waals surface area contributed by atoms with Gasteiger partial charge < -0.3 is 9.64 Å².